The quantitative estimate of drug-likeness (QED) is 0.0951. The number of H-pyrrole nitrogens is 1. The van der Waals surface area contributed by atoms with Crippen molar-refractivity contribution in [1.29, 1.82) is 0 Å². The molecule has 2 aliphatic heterocycles. The van der Waals surface area contributed by atoms with Crippen molar-refractivity contribution < 1.29 is 12.8 Å². The van der Waals surface area contributed by atoms with Crippen molar-refractivity contribution in [1.82, 2.24) is 19.8 Å². The predicted molar refractivity (Wildman–Crippen MR) is 199 cm³/mol. The van der Waals surface area contributed by atoms with Gasteiger partial charge in [-0.3, -0.25) is 4.90 Å². The molecule has 4 aromatic carbocycles. The van der Waals surface area contributed by atoms with Gasteiger partial charge in [0.1, 0.15) is 5.82 Å². The molecule has 3 heterocycles. The zero-order valence-corrected chi connectivity index (χ0v) is 29.7. The number of aryl methyl sites for hydroxylation is 1. The van der Waals surface area contributed by atoms with E-state index in [0.29, 0.717) is 35.6 Å². The van der Waals surface area contributed by atoms with Gasteiger partial charge in [0.05, 0.1) is 17.2 Å². The molecule has 258 valence electrons. The van der Waals surface area contributed by atoms with Crippen LogP contribution in [0.4, 0.5) is 4.39 Å². The molecule has 1 aromatic heterocycles. The van der Waals surface area contributed by atoms with E-state index in [4.69, 9.17) is 28.3 Å². The number of halogens is 3. The van der Waals surface area contributed by atoms with Crippen LogP contribution in [-0.2, 0) is 16.4 Å². The second-order valence-corrected chi connectivity index (χ2v) is 15.1. The van der Waals surface area contributed by atoms with Crippen LogP contribution >= 0.6 is 23.2 Å². The first-order chi connectivity index (χ1) is 24.2. The minimum atomic E-state index is -4.08. The van der Waals surface area contributed by atoms with Crippen LogP contribution in [0.1, 0.15) is 35.4 Å². The zero-order valence-electron chi connectivity index (χ0n) is 27.4. The summed E-state index contributed by atoms with van der Waals surface area (Å²) in [6.45, 7) is 4.03. The first kappa shape index (κ1) is 34.2. The van der Waals surface area contributed by atoms with Crippen LogP contribution in [-0.4, -0.2) is 79.2 Å². The van der Waals surface area contributed by atoms with E-state index >= 15 is 0 Å². The van der Waals surface area contributed by atoms with E-state index in [2.05, 4.69) is 26.4 Å². The maximum atomic E-state index is 13.8. The third kappa shape index (κ3) is 7.73. The molecule has 1 atom stereocenters. The average Bonchev–Trinajstić information content (AvgIpc) is 3.75. The van der Waals surface area contributed by atoms with Crippen LogP contribution in [0, 0.1) is 5.82 Å². The van der Waals surface area contributed by atoms with Gasteiger partial charge >= 0.3 is 0 Å². The van der Waals surface area contributed by atoms with Crippen molar-refractivity contribution in [2.24, 2.45) is 9.50 Å². The summed E-state index contributed by atoms with van der Waals surface area (Å²) < 4.78 is 45.8. The number of aromatic nitrogens is 1. The Morgan fingerprint density at radius 3 is 2.30 bits per heavy atom. The largest absolute Gasteiger partial charge is 0.361 e. The molecule has 50 heavy (non-hydrogen) atoms. The van der Waals surface area contributed by atoms with Crippen molar-refractivity contribution in [2.75, 3.05) is 39.3 Å². The van der Waals surface area contributed by atoms with Crippen molar-refractivity contribution >= 4 is 55.8 Å². The summed E-state index contributed by atoms with van der Waals surface area (Å²) in [5.41, 5.74) is 4.89. The lowest BCUT2D eigenvalue weighted by atomic mass is 9.91. The second kappa shape index (κ2) is 14.9. The Kier molecular flexibility index (Phi) is 10.2. The van der Waals surface area contributed by atoms with Gasteiger partial charge in [-0.2, -0.15) is 13.5 Å². The third-order valence-electron chi connectivity index (χ3n) is 9.36. The molecule has 0 bridgehead atoms. The number of benzene rings is 4. The number of guanidine groups is 1. The van der Waals surface area contributed by atoms with Gasteiger partial charge in [0.2, 0.25) is 5.96 Å². The maximum Gasteiger partial charge on any atom is 0.285 e. The molecule has 0 radical (unpaired) electrons. The highest BCUT2D eigenvalue weighted by Gasteiger charge is 2.35. The van der Waals surface area contributed by atoms with Gasteiger partial charge in [-0.05, 0) is 97.1 Å². The van der Waals surface area contributed by atoms with Crippen molar-refractivity contribution in [2.45, 2.75) is 30.1 Å². The minimum absolute atomic E-state index is 0.0664. The lowest BCUT2D eigenvalue weighted by Crippen LogP contribution is -2.52. The molecular weight excluding hydrogens is 694 g/mol. The average molecular weight is 732 g/mol. The van der Waals surface area contributed by atoms with Crippen molar-refractivity contribution in [3.8, 4) is 0 Å². The normalized spacial score (nSPS) is 17.5. The Morgan fingerprint density at radius 1 is 0.880 bits per heavy atom. The Labute approximate surface area is 301 Å². The van der Waals surface area contributed by atoms with Gasteiger partial charge in [0.25, 0.3) is 10.0 Å². The highest BCUT2D eigenvalue weighted by molar-refractivity contribution is 7.90. The molecular formula is C38H37Cl2FN6O2S. The highest BCUT2D eigenvalue weighted by atomic mass is 35.5. The number of piperazine rings is 1. The summed E-state index contributed by atoms with van der Waals surface area (Å²) in [7, 11) is -4.08. The number of unbranched alkanes of at least 4 members (excludes halogenated alkanes) is 1. The molecule has 7 rings (SSSR count). The molecule has 1 fully saturated rings. The summed E-state index contributed by atoms with van der Waals surface area (Å²) in [5.74, 6) is -0.0386. The number of nitrogens with zero attached hydrogens (tertiary/aromatic N) is 5. The second-order valence-electron chi connectivity index (χ2n) is 12.6. The van der Waals surface area contributed by atoms with Gasteiger partial charge in [0, 0.05) is 59.2 Å². The lowest BCUT2D eigenvalue weighted by Gasteiger charge is -2.38. The molecule has 1 N–H and O–H groups in total. The van der Waals surface area contributed by atoms with Crippen LogP contribution in [0.25, 0.3) is 10.9 Å². The Hall–Kier alpha value is -4.22. The fraction of sp³-hybridized carbons (Fsp3) is 0.263. The molecule has 0 saturated carbocycles. The van der Waals surface area contributed by atoms with E-state index in [9.17, 15) is 12.8 Å². The minimum Gasteiger partial charge on any atom is -0.361 e. The smallest absolute Gasteiger partial charge is 0.285 e. The Bertz CT molecular complexity index is 2110. The first-order valence-corrected chi connectivity index (χ1v) is 18.9. The molecule has 8 nitrogen and oxygen atoms in total. The van der Waals surface area contributed by atoms with E-state index in [0.717, 1.165) is 72.2 Å². The standard InChI is InChI=1S/C38H37Cl2FN6O2S/c39-30-11-9-28(10-12-30)37-35(27-6-2-1-3-7-27)26-47(43-37)38(44-50(48,49)33-16-13-31(40)14-17-33)46-22-20-45(21-23-46)19-5-4-8-29-25-42-36-18-15-32(41)24-34(29)36/h1-3,6-7,9-18,24-25,35,42H,4-5,8,19-23,26H2/b44-38+/t35-/m1/s1. The van der Waals surface area contributed by atoms with Crippen LogP contribution in [0.2, 0.25) is 10.0 Å². The molecule has 0 aliphatic carbocycles. The van der Waals surface area contributed by atoms with Crippen molar-refractivity contribution in [3.63, 3.8) is 0 Å². The molecule has 5 aromatic rings. The Balaban J connectivity index is 1.10. The number of nitrogens with one attached hydrogen (secondary N) is 1. The number of hydrogen-bond acceptors (Lipinski definition) is 4. The predicted octanol–water partition coefficient (Wildman–Crippen LogP) is 7.80. The van der Waals surface area contributed by atoms with Gasteiger partial charge < -0.3 is 9.88 Å². The van der Waals surface area contributed by atoms with Crippen molar-refractivity contribution in [3.05, 3.63) is 136 Å². The van der Waals surface area contributed by atoms with Crippen LogP contribution in [0.3, 0.4) is 0 Å². The first-order valence-electron chi connectivity index (χ1n) is 16.7. The summed E-state index contributed by atoms with van der Waals surface area (Å²) in [4.78, 5) is 7.73. The van der Waals surface area contributed by atoms with E-state index in [1.165, 1.54) is 18.2 Å². The lowest BCUT2D eigenvalue weighted by molar-refractivity contribution is 0.168. The summed E-state index contributed by atoms with van der Waals surface area (Å²) in [6, 6.07) is 28.6. The topological polar surface area (TPSA) is 84.4 Å². The van der Waals surface area contributed by atoms with E-state index < -0.39 is 10.0 Å². The molecule has 0 unspecified atom stereocenters. The SMILES string of the molecule is O=S(=O)(/N=C(\N1CCN(CCCCc2c[nH]c3ccc(F)cc23)CC1)N1C[C@H](c2ccccc2)C(c2ccc(Cl)cc2)=N1)c1ccc(Cl)cc1. The number of hydrazone groups is 1. The monoisotopic (exact) mass is 730 g/mol. The third-order valence-corrected chi connectivity index (χ3v) is 11.1. The fourth-order valence-corrected chi connectivity index (χ4v) is 7.93. The van der Waals surface area contributed by atoms with Gasteiger partial charge in [-0.25, -0.2) is 9.40 Å². The number of hydrogen-bond donors (Lipinski definition) is 1. The molecule has 1 saturated heterocycles. The number of aromatic amines is 1. The zero-order chi connectivity index (χ0) is 34.7. The highest BCUT2D eigenvalue weighted by Crippen LogP contribution is 2.31. The Morgan fingerprint density at radius 2 is 1.58 bits per heavy atom. The fourth-order valence-electron chi connectivity index (χ4n) is 6.67. The van der Waals surface area contributed by atoms with Crippen LogP contribution < -0.4 is 0 Å². The maximum absolute atomic E-state index is 13.8. The number of sulfonamides is 1. The summed E-state index contributed by atoms with van der Waals surface area (Å²) in [6.07, 6.45) is 4.82. The molecule has 0 spiro atoms. The number of rotatable bonds is 9. The van der Waals surface area contributed by atoms with E-state index in [1.807, 2.05) is 53.6 Å². The van der Waals surface area contributed by atoms with Gasteiger partial charge in [-0.1, -0.05) is 65.7 Å². The van der Waals surface area contributed by atoms with Crippen LogP contribution in [0.5, 0.6) is 0 Å². The molecule has 12 heteroatoms. The van der Waals surface area contributed by atoms with Crippen LogP contribution in [0.15, 0.2) is 118 Å². The van der Waals surface area contributed by atoms with Gasteiger partial charge in [0.15, 0.2) is 0 Å². The summed E-state index contributed by atoms with van der Waals surface area (Å²) in [5, 5.41) is 8.81. The number of fused-ring (bicyclic) bond motifs is 1. The van der Waals surface area contributed by atoms with Gasteiger partial charge in [-0.15, -0.1) is 4.40 Å². The molecule has 0 amide bonds. The van der Waals surface area contributed by atoms with E-state index in [1.54, 1.807) is 29.3 Å². The molecule has 2 aliphatic rings. The summed E-state index contributed by atoms with van der Waals surface area (Å²) >= 11 is 12.3. The van der Waals surface area contributed by atoms with E-state index in [-0.39, 0.29) is 16.6 Å².